The molecule has 3 rings (SSSR count). The zero-order chi connectivity index (χ0) is 13.1. The maximum Gasteiger partial charge on any atom is 0.137 e. The summed E-state index contributed by atoms with van der Waals surface area (Å²) < 4.78 is 6.83. The van der Waals surface area contributed by atoms with Gasteiger partial charge in [-0.1, -0.05) is 18.2 Å². The van der Waals surface area contributed by atoms with Crippen molar-refractivity contribution in [1.82, 2.24) is 0 Å². The second-order valence-electron chi connectivity index (χ2n) is 5.15. The molecule has 1 aliphatic rings. The molecule has 1 aromatic carbocycles. The van der Waals surface area contributed by atoms with Gasteiger partial charge in [0.15, 0.2) is 0 Å². The van der Waals surface area contributed by atoms with Crippen molar-refractivity contribution in [2.45, 2.75) is 38.2 Å². The lowest BCUT2D eigenvalue weighted by molar-refractivity contribution is -0.119. The average molecular weight is 274 g/mol. The summed E-state index contributed by atoms with van der Waals surface area (Å²) in [6, 6.07) is 8.30. The van der Waals surface area contributed by atoms with E-state index < -0.39 is 0 Å². The van der Waals surface area contributed by atoms with E-state index in [1.807, 2.05) is 12.1 Å². The zero-order valence-electron chi connectivity index (χ0n) is 10.9. The monoisotopic (exact) mass is 274 g/mol. The first kappa shape index (κ1) is 12.8. The number of hydrogen-bond acceptors (Lipinski definition) is 3. The van der Waals surface area contributed by atoms with Gasteiger partial charge in [0.2, 0.25) is 0 Å². The van der Waals surface area contributed by atoms with Crippen molar-refractivity contribution in [3.63, 3.8) is 0 Å². The number of ketones is 1. The largest absolute Gasteiger partial charge is 0.378 e. The Kier molecular flexibility index (Phi) is 3.95. The van der Waals surface area contributed by atoms with Crippen LogP contribution in [-0.2, 0) is 16.0 Å². The molecule has 1 fully saturated rings. The van der Waals surface area contributed by atoms with Gasteiger partial charge >= 0.3 is 0 Å². The molecule has 0 N–H and O–H groups in total. The van der Waals surface area contributed by atoms with Gasteiger partial charge in [-0.15, -0.1) is 11.3 Å². The number of benzene rings is 1. The van der Waals surface area contributed by atoms with Crippen LogP contribution in [0.2, 0.25) is 0 Å². The Balaban J connectivity index is 1.59. The van der Waals surface area contributed by atoms with E-state index in [4.69, 9.17) is 4.74 Å². The highest BCUT2D eigenvalue weighted by atomic mass is 32.1. The van der Waals surface area contributed by atoms with Gasteiger partial charge in [0, 0.05) is 24.1 Å². The lowest BCUT2D eigenvalue weighted by atomic mass is 10.0. The molecule has 1 aliphatic heterocycles. The standard InChI is InChI=1S/C16H18O2S/c17-13(7-8-14-4-3-9-18-14)10-12-11-19-16-6-2-1-5-15(12)16/h1-2,5-6,11,14H,3-4,7-10H2. The first-order valence-electron chi connectivity index (χ1n) is 6.91. The highest BCUT2D eigenvalue weighted by molar-refractivity contribution is 7.17. The number of carbonyl (C=O) groups is 1. The van der Waals surface area contributed by atoms with Gasteiger partial charge in [0.25, 0.3) is 0 Å². The van der Waals surface area contributed by atoms with Crippen LogP contribution in [0.5, 0.6) is 0 Å². The maximum atomic E-state index is 12.1. The first-order chi connectivity index (χ1) is 9.33. The lowest BCUT2D eigenvalue weighted by Crippen LogP contribution is -2.10. The fourth-order valence-corrected chi connectivity index (χ4v) is 3.63. The molecule has 19 heavy (non-hydrogen) atoms. The Morgan fingerprint density at radius 2 is 2.26 bits per heavy atom. The van der Waals surface area contributed by atoms with E-state index >= 15 is 0 Å². The molecular weight excluding hydrogens is 256 g/mol. The second kappa shape index (κ2) is 5.85. The third-order valence-corrected chi connectivity index (χ3v) is 4.73. The number of thiophene rings is 1. The summed E-state index contributed by atoms with van der Waals surface area (Å²) >= 11 is 1.72. The number of hydrogen-bond donors (Lipinski definition) is 0. The fourth-order valence-electron chi connectivity index (χ4n) is 2.66. The van der Waals surface area contributed by atoms with Crippen LogP contribution < -0.4 is 0 Å². The minimum atomic E-state index is 0.322. The topological polar surface area (TPSA) is 26.3 Å². The minimum absolute atomic E-state index is 0.322. The van der Waals surface area contributed by atoms with Crippen molar-refractivity contribution in [2.75, 3.05) is 6.61 Å². The molecule has 2 aromatic rings. The maximum absolute atomic E-state index is 12.1. The lowest BCUT2D eigenvalue weighted by Gasteiger charge is -2.07. The summed E-state index contributed by atoms with van der Waals surface area (Å²) in [5.74, 6) is 0.332. The minimum Gasteiger partial charge on any atom is -0.378 e. The molecule has 0 radical (unpaired) electrons. The van der Waals surface area contributed by atoms with Crippen molar-refractivity contribution < 1.29 is 9.53 Å². The third kappa shape index (κ3) is 3.04. The molecule has 1 unspecified atom stereocenters. The van der Waals surface area contributed by atoms with E-state index in [1.165, 1.54) is 15.6 Å². The highest BCUT2D eigenvalue weighted by Gasteiger charge is 2.17. The van der Waals surface area contributed by atoms with Crippen LogP contribution in [0.4, 0.5) is 0 Å². The molecule has 0 saturated carbocycles. The molecule has 1 saturated heterocycles. The number of ether oxygens (including phenoxy) is 1. The first-order valence-corrected chi connectivity index (χ1v) is 7.79. The van der Waals surface area contributed by atoms with Crippen molar-refractivity contribution >= 4 is 27.2 Å². The van der Waals surface area contributed by atoms with Crippen LogP contribution in [0.3, 0.4) is 0 Å². The molecule has 1 atom stereocenters. The van der Waals surface area contributed by atoms with E-state index in [-0.39, 0.29) is 0 Å². The number of fused-ring (bicyclic) bond motifs is 1. The zero-order valence-corrected chi connectivity index (χ0v) is 11.7. The van der Waals surface area contributed by atoms with Gasteiger partial charge in [-0.3, -0.25) is 4.79 Å². The van der Waals surface area contributed by atoms with Crippen LogP contribution >= 0.6 is 11.3 Å². The van der Waals surface area contributed by atoms with Crippen molar-refractivity contribution in [2.24, 2.45) is 0 Å². The molecular formula is C16H18O2S. The molecule has 2 nitrogen and oxygen atoms in total. The van der Waals surface area contributed by atoms with E-state index in [9.17, 15) is 4.79 Å². The average Bonchev–Trinajstić information content (AvgIpc) is 3.07. The summed E-state index contributed by atoms with van der Waals surface area (Å²) in [7, 11) is 0. The Labute approximate surface area is 117 Å². The molecule has 0 amide bonds. The SMILES string of the molecule is O=C(CCC1CCCO1)Cc1csc2ccccc12. The Bertz CT molecular complexity index is 567. The summed E-state index contributed by atoms with van der Waals surface area (Å²) in [5, 5.41) is 3.35. The van der Waals surface area contributed by atoms with E-state index in [1.54, 1.807) is 11.3 Å². The van der Waals surface area contributed by atoms with E-state index in [2.05, 4.69) is 17.5 Å². The van der Waals surface area contributed by atoms with E-state index in [0.29, 0.717) is 24.7 Å². The summed E-state index contributed by atoms with van der Waals surface area (Å²) in [6.07, 6.45) is 4.69. The van der Waals surface area contributed by atoms with Crippen molar-refractivity contribution in [1.29, 1.82) is 0 Å². The normalized spacial score (nSPS) is 19.1. The van der Waals surface area contributed by atoms with Crippen LogP contribution in [0.15, 0.2) is 29.6 Å². The smallest absolute Gasteiger partial charge is 0.137 e. The van der Waals surface area contributed by atoms with Crippen LogP contribution in [-0.4, -0.2) is 18.5 Å². The van der Waals surface area contributed by atoms with Crippen LogP contribution in [0, 0.1) is 0 Å². The van der Waals surface area contributed by atoms with Crippen LogP contribution in [0.25, 0.3) is 10.1 Å². The van der Waals surface area contributed by atoms with Crippen molar-refractivity contribution in [3.8, 4) is 0 Å². The van der Waals surface area contributed by atoms with E-state index in [0.717, 1.165) is 25.9 Å². The Morgan fingerprint density at radius 1 is 1.37 bits per heavy atom. The summed E-state index contributed by atoms with van der Waals surface area (Å²) in [5.41, 5.74) is 1.18. The van der Waals surface area contributed by atoms with Crippen molar-refractivity contribution in [3.05, 3.63) is 35.2 Å². The van der Waals surface area contributed by atoms with Crippen LogP contribution in [0.1, 0.15) is 31.2 Å². The Hall–Kier alpha value is -1.19. The molecule has 0 spiro atoms. The number of Topliss-reactive ketones (excluding diaryl/α,β-unsaturated/α-hetero) is 1. The molecule has 0 bridgehead atoms. The van der Waals surface area contributed by atoms with Gasteiger partial charge in [0.05, 0.1) is 6.10 Å². The molecule has 0 aliphatic carbocycles. The predicted molar refractivity (Wildman–Crippen MR) is 78.7 cm³/mol. The molecule has 100 valence electrons. The van der Waals surface area contributed by atoms with Gasteiger partial charge in [-0.25, -0.2) is 0 Å². The molecule has 2 heterocycles. The molecule has 3 heteroatoms. The van der Waals surface area contributed by atoms with Gasteiger partial charge in [-0.2, -0.15) is 0 Å². The Morgan fingerprint density at radius 3 is 3.11 bits per heavy atom. The van der Waals surface area contributed by atoms with Gasteiger partial charge in [0.1, 0.15) is 5.78 Å². The van der Waals surface area contributed by atoms with Gasteiger partial charge < -0.3 is 4.74 Å². The summed E-state index contributed by atoms with van der Waals surface area (Å²) in [4.78, 5) is 12.1. The highest BCUT2D eigenvalue weighted by Crippen LogP contribution is 2.26. The quantitative estimate of drug-likeness (QED) is 0.824. The van der Waals surface area contributed by atoms with Gasteiger partial charge in [-0.05, 0) is 41.7 Å². The predicted octanol–water partition coefficient (Wildman–Crippen LogP) is 3.97. The molecule has 1 aromatic heterocycles. The fraction of sp³-hybridized carbons (Fsp3) is 0.438. The number of rotatable bonds is 5. The summed E-state index contributed by atoms with van der Waals surface area (Å²) in [6.45, 7) is 0.869. The second-order valence-corrected chi connectivity index (χ2v) is 6.06. The third-order valence-electron chi connectivity index (χ3n) is 3.72. The number of carbonyl (C=O) groups excluding carboxylic acids is 1.